The third kappa shape index (κ3) is 5.35. The maximum absolute atomic E-state index is 5.92. The van der Waals surface area contributed by atoms with Crippen LogP contribution in [0.5, 0.6) is 17.2 Å². The van der Waals surface area contributed by atoms with E-state index in [9.17, 15) is 0 Å². The fourth-order valence-corrected chi connectivity index (χ4v) is 3.86. The van der Waals surface area contributed by atoms with Gasteiger partial charge in [0.2, 0.25) is 6.79 Å². The smallest absolute Gasteiger partial charge is 0.542 e. The molecule has 2 heterocycles. The molecule has 0 aliphatic carbocycles. The summed E-state index contributed by atoms with van der Waals surface area (Å²) in [6.07, 6.45) is 1.05. The van der Waals surface area contributed by atoms with Gasteiger partial charge in [0.25, 0.3) is 0 Å². The SMILES string of the molecule is C[C@H]1[CH-]OC(Sc2cccc(OCc3ccc4c(c3)OCO4)c2)C1.[Cs+]. The molecule has 1 saturated heterocycles. The summed E-state index contributed by atoms with van der Waals surface area (Å²) in [4.78, 5) is 1.16. The van der Waals surface area contributed by atoms with Crippen molar-refractivity contribution in [3.8, 4) is 17.2 Å². The van der Waals surface area contributed by atoms with Crippen molar-refractivity contribution in [3.63, 3.8) is 0 Å². The minimum absolute atomic E-state index is 0. The zero-order chi connectivity index (χ0) is 16.4. The summed E-state index contributed by atoms with van der Waals surface area (Å²) in [6, 6.07) is 14.0. The van der Waals surface area contributed by atoms with Gasteiger partial charge in [-0.2, -0.15) is 0 Å². The van der Waals surface area contributed by atoms with Crippen molar-refractivity contribution in [2.75, 3.05) is 6.79 Å². The molecule has 0 spiro atoms. The van der Waals surface area contributed by atoms with Gasteiger partial charge in [-0.15, -0.1) is 5.92 Å². The van der Waals surface area contributed by atoms with E-state index in [0.717, 1.165) is 34.1 Å². The second-order valence-corrected chi connectivity index (χ2v) is 7.22. The van der Waals surface area contributed by atoms with Crippen molar-refractivity contribution in [2.45, 2.75) is 30.3 Å². The molecule has 6 heteroatoms. The maximum atomic E-state index is 5.92. The van der Waals surface area contributed by atoms with E-state index in [1.807, 2.05) is 36.9 Å². The normalized spacial score (nSPS) is 21.0. The number of thioether (sulfide) groups is 1. The predicted molar refractivity (Wildman–Crippen MR) is 92.2 cm³/mol. The summed E-state index contributed by atoms with van der Waals surface area (Å²) < 4.78 is 22.3. The van der Waals surface area contributed by atoms with Crippen LogP contribution in [0.2, 0.25) is 0 Å². The van der Waals surface area contributed by atoms with Crippen LogP contribution in [-0.2, 0) is 11.3 Å². The van der Waals surface area contributed by atoms with Crippen LogP contribution in [0.1, 0.15) is 18.9 Å². The first-order valence-electron chi connectivity index (χ1n) is 8.03. The van der Waals surface area contributed by atoms with Gasteiger partial charge >= 0.3 is 68.9 Å². The number of fused-ring (bicyclic) bond motifs is 1. The number of rotatable bonds is 5. The molecule has 2 aliphatic rings. The first-order valence-corrected chi connectivity index (χ1v) is 8.91. The molecule has 126 valence electrons. The standard InChI is InChI=1S/C19H19O4S.Cs/c1-13-7-19(21-10-13)24-16-4-2-3-15(9-16)20-11-14-5-6-17-18(8-14)23-12-22-17;/h2-6,8-10,13,19H,7,11-12H2,1H3;/q-1;+1/t13-,19?;/m1./s1. The Morgan fingerprint density at radius 3 is 2.88 bits per heavy atom. The van der Waals surface area contributed by atoms with E-state index in [0.29, 0.717) is 12.5 Å². The Morgan fingerprint density at radius 1 is 1.16 bits per heavy atom. The van der Waals surface area contributed by atoms with E-state index in [-0.39, 0.29) is 81.1 Å². The Balaban J connectivity index is 0.00000182. The minimum Gasteiger partial charge on any atom is -0.542 e. The quantitative estimate of drug-likeness (QED) is 0.614. The van der Waals surface area contributed by atoms with Crippen molar-refractivity contribution in [1.82, 2.24) is 0 Å². The van der Waals surface area contributed by atoms with Gasteiger partial charge < -0.3 is 18.9 Å². The van der Waals surface area contributed by atoms with Crippen LogP contribution in [0, 0.1) is 12.5 Å². The first-order chi connectivity index (χ1) is 11.8. The number of ether oxygens (including phenoxy) is 4. The van der Waals surface area contributed by atoms with Crippen LogP contribution in [0.3, 0.4) is 0 Å². The molecule has 0 aromatic heterocycles. The van der Waals surface area contributed by atoms with E-state index in [4.69, 9.17) is 18.9 Å². The Kier molecular flexibility index (Phi) is 7.51. The van der Waals surface area contributed by atoms with Crippen molar-refractivity contribution < 1.29 is 87.8 Å². The summed E-state index contributed by atoms with van der Waals surface area (Å²) in [6.45, 7) is 4.89. The predicted octanol–water partition coefficient (Wildman–Crippen LogP) is 1.63. The molecular formula is C19H19CsO4S. The van der Waals surface area contributed by atoms with E-state index in [2.05, 4.69) is 19.1 Å². The summed E-state index contributed by atoms with van der Waals surface area (Å²) in [5.41, 5.74) is 1.25. The van der Waals surface area contributed by atoms with Crippen LogP contribution < -0.4 is 83.1 Å². The Hall–Kier alpha value is 0.202. The molecule has 2 aromatic carbocycles. The fraction of sp³-hybridized carbons (Fsp3) is 0.316. The number of hydrogen-bond acceptors (Lipinski definition) is 5. The molecule has 2 atom stereocenters. The molecule has 2 aromatic rings. The minimum atomic E-state index is 0. The second-order valence-electron chi connectivity index (χ2n) is 5.98. The monoisotopic (exact) mass is 476 g/mol. The second kappa shape index (κ2) is 9.41. The third-order valence-corrected chi connectivity index (χ3v) is 5.03. The molecule has 0 amide bonds. The van der Waals surface area contributed by atoms with Gasteiger partial charge in [0.1, 0.15) is 12.4 Å². The molecule has 0 saturated carbocycles. The van der Waals surface area contributed by atoms with E-state index < -0.39 is 0 Å². The third-order valence-electron chi connectivity index (χ3n) is 3.94. The zero-order valence-electron chi connectivity index (χ0n) is 14.4. The summed E-state index contributed by atoms with van der Waals surface area (Å²) in [5.74, 6) is 2.95. The molecule has 25 heavy (non-hydrogen) atoms. The van der Waals surface area contributed by atoms with Gasteiger partial charge in [0.15, 0.2) is 11.5 Å². The Labute approximate surface area is 211 Å². The molecule has 0 radical (unpaired) electrons. The largest absolute Gasteiger partial charge is 1.00 e. The first kappa shape index (κ1) is 19.9. The summed E-state index contributed by atoms with van der Waals surface area (Å²) >= 11 is 1.74. The maximum Gasteiger partial charge on any atom is 1.00 e. The number of hydrogen-bond donors (Lipinski definition) is 0. The average Bonchev–Trinajstić information content (AvgIpc) is 3.21. The molecule has 0 bridgehead atoms. The molecule has 1 unspecified atom stereocenters. The van der Waals surface area contributed by atoms with E-state index >= 15 is 0 Å². The zero-order valence-corrected chi connectivity index (χ0v) is 21.5. The van der Waals surface area contributed by atoms with Crippen LogP contribution in [0.15, 0.2) is 47.4 Å². The van der Waals surface area contributed by atoms with Gasteiger partial charge in [-0.1, -0.05) is 30.8 Å². The van der Waals surface area contributed by atoms with Crippen molar-refractivity contribution in [1.29, 1.82) is 0 Å². The molecule has 4 nitrogen and oxygen atoms in total. The van der Waals surface area contributed by atoms with Crippen molar-refractivity contribution in [2.24, 2.45) is 5.92 Å². The van der Waals surface area contributed by atoms with Gasteiger partial charge in [-0.3, -0.25) is 0 Å². The Morgan fingerprint density at radius 2 is 2.04 bits per heavy atom. The Bertz CT molecular complexity index is 724. The van der Waals surface area contributed by atoms with Crippen molar-refractivity contribution in [3.05, 3.63) is 54.6 Å². The molecule has 0 N–H and O–H groups in total. The van der Waals surface area contributed by atoms with Crippen LogP contribution >= 0.6 is 11.8 Å². The topological polar surface area (TPSA) is 36.9 Å². The van der Waals surface area contributed by atoms with Gasteiger partial charge in [0, 0.05) is 4.90 Å². The number of benzene rings is 2. The van der Waals surface area contributed by atoms with Gasteiger partial charge in [-0.05, 0) is 42.3 Å². The van der Waals surface area contributed by atoms with E-state index in [1.54, 1.807) is 11.8 Å². The van der Waals surface area contributed by atoms with Crippen LogP contribution in [-0.4, -0.2) is 12.2 Å². The fourth-order valence-electron chi connectivity index (χ4n) is 2.70. The average molecular weight is 476 g/mol. The molecular weight excluding hydrogens is 457 g/mol. The molecule has 4 rings (SSSR count). The summed E-state index contributed by atoms with van der Waals surface area (Å²) in [7, 11) is 0. The van der Waals surface area contributed by atoms with Gasteiger partial charge in [-0.25, -0.2) is 6.61 Å². The van der Waals surface area contributed by atoms with Crippen molar-refractivity contribution >= 4 is 11.8 Å². The van der Waals surface area contributed by atoms with Crippen LogP contribution in [0.4, 0.5) is 0 Å². The summed E-state index contributed by atoms with van der Waals surface area (Å²) in [5, 5.41) is 0. The van der Waals surface area contributed by atoms with Gasteiger partial charge in [0.05, 0.1) is 5.44 Å². The molecule has 1 fully saturated rings. The molecule has 2 aliphatic heterocycles. The van der Waals surface area contributed by atoms with Crippen LogP contribution in [0.25, 0.3) is 0 Å². The van der Waals surface area contributed by atoms with E-state index in [1.165, 1.54) is 0 Å².